The Balaban J connectivity index is 2.41. The Bertz CT molecular complexity index is 746. The van der Waals surface area contributed by atoms with E-state index in [-0.39, 0.29) is 0 Å². The second kappa shape index (κ2) is 8.98. The van der Waals surface area contributed by atoms with E-state index in [9.17, 15) is 14.1 Å². The summed E-state index contributed by atoms with van der Waals surface area (Å²) in [6, 6.07) is 13.6. The number of carbonyl (C=O) groups excluding carboxylic acids is 1. The van der Waals surface area contributed by atoms with Gasteiger partial charge in [0.2, 0.25) is 5.78 Å². The molecule has 2 unspecified atom stereocenters. The van der Waals surface area contributed by atoms with Crippen molar-refractivity contribution in [2.75, 3.05) is 19.1 Å². The summed E-state index contributed by atoms with van der Waals surface area (Å²) < 4.78 is 24.4. The van der Waals surface area contributed by atoms with Crippen LogP contribution in [0.4, 0.5) is 0 Å². The van der Waals surface area contributed by atoms with Gasteiger partial charge in [-0.25, -0.2) is 0 Å². The summed E-state index contributed by atoms with van der Waals surface area (Å²) in [6.45, 7) is -0.627. The van der Waals surface area contributed by atoms with Crippen LogP contribution < -0.4 is 0 Å². The zero-order valence-electron chi connectivity index (χ0n) is 13.7. The molecule has 5 nitrogen and oxygen atoms in total. The Kier molecular flexibility index (Phi) is 7.24. The average molecular weight is 399 g/mol. The van der Waals surface area contributed by atoms with Crippen molar-refractivity contribution in [1.29, 1.82) is 0 Å². The second-order valence-electron chi connectivity index (χ2n) is 5.13. The maximum Gasteiger partial charge on any atom is 0.302 e. The van der Waals surface area contributed by atoms with E-state index in [0.29, 0.717) is 11.1 Å². The maximum absolute atomic E-state index is 12.9. The standard InChI is InChI=1S/C17H18O5S3/c1-23-14-7-3-12(4-8-14)16(18)17(19,11-22-25(20)21)13-5-9-15(24-2)10-6-13/h3-10,19H,11H2,1-2H3,(H,20,21). The molecular weight excluding hydrogens is 380 g/mol. The summed E-state index contributed by atoms with van der Waals surface area (Å²) in [5, 5.41) is 11.0. The molecule has 0 aliphatic carbocycles. The van der Waals surface area contributed by atoms with E-state index in [4.69, 9.17) is 4.55 Å². The van der Waals surface area contributed by atoms with Gasteiger partial charge >= 0.3 is 11.4 Å². The van der Waals surface area contributed by atoms with Crippen molar-refractivity contribution in [2.24, 2.45) is 0 Å². The summed E-state index contributed by atoms with van der Waals surface area (Å²) in [5.74, 6) is -0.595. The minimum atomic E-state index is -2.59. The Morgan fingerprint density at radius 1 is 1.04 bits per heavy atom. The second-order valence-corrected chi connectivity index (χ2v) is 7.55. The molecule has 0 spiro atoms. The first-order valence-electron chi connectivity index (χ1n) is 7.20. The number of Topliss-reactive ketones (excluding diaryl/α,β-unsaturated/α-hetero) is 1. The lowest BCUT2D eigenvalue weighted by Crippen LogP contribution is -2.40. The van der Waals surface area contributed by atoms with Crippen LogP contribution in [0.25, 0.3) is 0 Å². The van der Waals surface area contributed by atoms with Crippen LogP contribution in [0.2, 0.25) is 0 Å². The molecule has 8 heteroatoms. The van der Waals surface area contributed by atoms with Crippen LogP contribution >= 0.6 is 23.5 Å². The predicted molar refractivity (Wildman–Crippen MR) is 101 cm³/mol. The van der Waals surface area contributed by atoms with E-state index < -0.39 is 29.4 Å². The van der Waals surface area contributed by atoms with Crippen LogP contribution in [0.5, 0.6) is 0 Å². The van der Waals surface area contributed by atoms with Crippen molar-refractivity contribution in [3.8, 4) is 0 Å². The summed E-state index contributed by atoms with van der Waals surface area (Å²) in [5.41, 5.74) is -1.47. The Labute approximate surface area is 157 Å². The van der Waals surface area contributed by atoms with Crippen molar-refractivity contribution in [3.05, 3.63) is 59.7 Å². The lowest BCUT2D eigenvalue weighted by atomic mass is 9.86. The van der Waals surface area contributed by atoms with Gasteiger partial charge in [-0.3, -0.25) is 13.5 Å². The number of aliphatic hydroxyl groups is 1. The van der Waals surface area contributed by atoms with Gasteiger partial charge in [0.05, 0.1) is 0 Å². The zero-order chi connectivity index (χ0) is 18.4. The molecule has 0 amide bonds. The molecule has 0 aromatic heterocycles. The molecule has 2 aromatic rings. The smallest absolute Gasteiger partial charge is 0.302 e. The predicted octanol–water partition coefficient (Wildman–Crippen LogP) is 3.35. The maximum atomic E-state index is 12.9. The van der Waals surface area contributed by atoms with Crippen molar-refractivity contribution in [2.45, 2.75) is 15.4 Å². The van der Waals surface area contributed by atoms with E-state index in [1.807, 2.05) is 12.5 Å². The van der Waals surface area contributed by atoms with E-state index in [1.165, 1.54) is 23.5 Å². The van der Waals surface area contributed by atoms with Gasteiger partial charge in [0.15, 0.2) is 5.60 Å². The highest BCUT2D eigenvalue weighted by atomic mass is 32.2. The molecule has 0 bridgehead atoms. The van der Waals surface area contributed by atoms with Crippen LogP contribution in [0.1, 0.15) is 15.9 Å². The molecule has 0 radical (unpaired) electrons. The van der Waals surface area contributed by atoms with E-state index in [0.717, 1.165) is 9.79 Å². The summed E-state index contributed by atoms with van der Waals surface area (Å²) in [4.78, 5) is 14.9. The molecule has 134 valence electrons. The third kappa shape index (κ3) is 4.93. The molecule has 0 aliphatic heterocycles. The molecular formula is C17H18O5S3. The van der Waals surface area contributed by atoms with Crippen LogP contribution in [0, 0.1) is 0 Å². The Hall–Kier alpha value is -1.16. The van der Waals surface area contributed by atoms with E-state index in [2.05, 4.69) is 4.18 Å². The molecule has 2 rings (SSSR count). The summed E-state index contributed by atoms with van der Waals surface area (Å²) in [7, 11) is 0. The molecule has 0 fully saturated rings. The summed E-state index contributed by atoms with van der Waals surface area (Å²) in [6.07, 6.45) is 3.84. The lowest BCUT2D eigenvalue weighted by molar-refractivity contribution is 0.00373. The fourth-order valence-electron chi connectivity index (χ4n) is 2.26. The van der Waals surface area contributed by atoms with Gasteiger partial charge in [-0.1, -0.05) is 24.3 Å². The third-order valence-electron chi connectivity index (χ3n) is 3.66. The number of rotatable bonds is 8. The van der Waals surface area contributed by atoms with Gasteiger partial charge in [0.25, 0.3) is 0 Å². The van der Waals surface area contributed by atoms with Crippen molar-refractivity contribution < 1.29 is 22.8 Å². The first kappa shape index (κ1) is 20.2. The van der Waals surface area contributed by atoms with Crippen molar-refractivity contribution >= 4 is 40.7 Å². The number of thioether (sulfide) groups is 2. The molecule has 0 heterocycles. The SMILES string of the molecule is CSc1ccc(C(=O)C(O)(COS(=O)O)c2ccc(SC)cc2)cc1. The van der Waals surface area contributed by atoms with E-state index in [1.54, 1.807) is 48.5 Å². The van der Waals surface area contributed by atoms with Gasteiger partial charge < -0.3 is 5.11 Å². The minimum absolute atomic E-state index is 0.293. The Morgan fingerprint density at radius 2 is 1.52 bits per heavy atom. The molecule has 0 aliphatic rings. The molecule has 0 saturated heterocycles. The van der Waals surface area contributed by atoms with Crippen LogP contribution in [-0.2, 0) is 21.1 Å². The first-order chi connectivity index (χ1) is 11.9. The number of carbonyl (C=O) groups is 1. The van der Waals surface area contributed by atoms with Gasteiger partial charge in [-0.05, 0) is 42.3 Å². The normalized spacial score (nSPS) is 14.7. The van der Waals surface area contributed by atoms with Gasteiger partial charge in [0, 0.05) is 15.4 Å². The minimum Gasteiger partial charge on any atom is -0.375 e. The number of ketones is 1. The fraction of sp³-hybridized carbons (Fsp3) is 0.235. The highest BCUT2D eigenvalue weighted by molar-refractivity contribution is 7.98. The third-order valence-corrected chi connectivity index (χ3v) is 5.47. The number of hydrogen-bond acceptors (Lipinski definition) is 6. The molecule has 0 saturated carbocycles. The quantitative estimate of drug-likeness (QED) is 0.401. The number of benzene rings is 2. The van der Waals surface area contributed by atoms with Crippen LogP contribution in [0.3, 0.4) is 0 Å². The monoisotopic (exact) mass is 398 g/mol. The van der Waals surface area contributed by atoms with Crippen LogP contribution in [0.15, 0.2) is 58.3 Å². The Morgan fingerprint density at radius 3 is 1.96 bits per heavy atom. The first-order valence-corrected chi connectivity index (χ1v) is 10.7. The lowest BCUT2D eigenvalue weighted by Gasteiger charge is -2.26. The highest BCUT2D eigenvalue weighted by Gasteiger charge is 2.39. The zero-order valence-corrected chi connectivity index (χ0v) is 16.1. The van der Waals surface area contributed by atoms with E-state index >= 15 is 0 Å². The molecule has 2 atom stereocenters. The molecule has 2 N–H and O–H groups in total. The number of hydrogen-bond donors (Lipinski definition) is 2. The fourth-order valence-corrected chi connectivity index (χ4v) is 3.35. The largest absolute Gasteiger partial charge is 0.375 e. The summed E-state index contributed by atoms with van der Waals surface area (Å²) >= 11 is 0.474. The van der Waals surface area contributed by atoms with Gasteiger partial charge in [-0.15, -0.1) is 23.5 Å². The topological polar surface area (TPSA) is 83.8 Å². The van der Waals surface area contributed by atoms with Crippen LogP contribution in [-0.4, -0.2) is 38.8 Å². The van der Waals surface area contributed by atoms with Gasteiger partial charge in [-0.2, -0.15) is 4.21 Å². The highest BCUT2D eigenvalue weighted by Crippen LogP contribution is 2.29. The average Bonchev–Trinajstić information content (AvgIpc) is 2.65. The molecule has 2 aromatic carbocycles. The van der Waals surface area contributed by atoms with Crippen molar-refractivity contribution in [3.63, 3.8) is 0 Å². The molecule has 25 heavy (non-hydrogen) atoms. The van der Waals surface area contributed by atoms with Gasteiger partial charge in [0.1, 0.15) is 6.61 Å². The van der Waals surface area contributed by atoms with Crippen molar-refractivity contribution in [1.82, 2.24) is 0 Å².